The van der Waals surface area contributed by atoms with Crippen molar-refractivity contribution < 1.29 is 14.7 Å². The van der Waals surface area contributed by atoms with Crippen LogP contribution in [0.3, 0.4) is 0 Å². The Hall–Kier alpha value is -1.79. The minimum Gasteiger partial charge on any atom is -0.506 e. The number of likely N-dealkylation sites (N-methyl/N-ethyl adjacent to an activating group) is 1. The fourth-order valence-corrected chi connectivity index (χ4v) is 2.66. The van der Waals surface area contributed by atoms with Crippen LogP contribution in [0.1, 0.15) is 12.8 Å². The molecule has 7 heteroatoms. The fraction of sp³-hybridized carbons (Fsp3) is 0.467. The molecule has 1 aliphatic heterocycles. The summed E-state index contributed by atoms with van der Waals surface area (Å²) in [5.41, 5.74) is 0.127. The average molecular weight is 326 g/mol. The number of phenolic OH excluding ortho intramolecular Hbond substituents is 1. The topological polar surface area (TPSA) is 72.9 Å². The first kappa shape index (κ1) is 16.6. The maximum atomic E-state index is 12.2. The van der Waals surface area contributed by atoms with Crippen LogP contribution in [0.4, 0.5) is 5.69 Å². The largest absolute Gasteiger partial charge is 0.506 e. The van der Waals surface area contributed by atoms with E-state index in [2.05, 4.69) is 10.2 Å². The molecule has 0 unspecified atom stereocenters. The molecule has 0 bridgehead atoms. The van der Waals surface area contributed by atoms with Gasteiger partial charge in [0.25, 0.3) is 0 Å². The van der Waals surface area contributed by atoms with Gasteiger partial charge in [0.05, 0.1) is 5.69 Å². The molecule has 1 fully saturated rings. The van der Waals surface area contributed by atoms with E-state index < -0.39 is 11.8 Å². The lowest BCUT2D eigenvalue weighted by Gasteiger charge is -2.34. The molecule has 0 spiro atoms. The van der Waals surface area contributed by atoms with E-state index >= 15 is 0 Å². The number of amides is 2. The summed E-state index contributed by atoms with van der Waals surface area (Å²) in [5.74, 6) is -1.53. The Morgan fingerprint density at radius 3 is 2.64 bits per heavy atom. The Morgan fingerprint density at radius 2 is 2.00 bits per heavy atom. The molecule has 1 aromatic rings. The molecule has 6 nitrogen and oxygen atoms in total. The Labute approximate surface area is 134 Å². The lowest BCUT2D eigenvalue weighted by atomic mass is 10.0. The number of nitrogens with one attached hydrogen (secondary N) is 1. The highest BCUT2D eigenvalue weighted by Crippen LogP contribution is 2.26. The van der Waals surface area contributed by atoms with E-state index in [1.165, 1.54) is 23.1 Å². The second kappa shape index (κ2) is 6.98. The highest BCUT2D eigenvalue weighted by Gasteiger charge is 2.28. The van der Waals surface area contributed by atoms with Crippen LogP contribution >= 0.6 is 11.6 Å². The summed E-state index contributed by atoms with van der Waals surface area (Å²) in [7, 11) is 3.67. The monoisotopic (exact) mass is 325 g/mol. The van der Waals surface area contributed by atoms with Gasteiger partial charge in [-0.1, -0.05) is 11.6 Å². The Kier molecular flexibility index (Phi) is 5.26. The Morgan fingerprint density at radius 1 is 1.36 bits per heavy atom. The summed E-state index contributed by atoms with van der Waals surface area (Å²) in [6, 6.07) is 4.32. The van der Waals surface area contributed by atoms with Crippen molar-refractivity contribution in [3.63, 3.8) is 0 Å². The van der Waals surface area contributed by atoms with Crippen LogP contribution in [0.5, 0.6) is 5.75 Å². The van der Waals surface area contributed by atoms with E-state index in [1.807, 2.05) is 7.05 Å². The molecule has 22 heavy (non-hydrogen) atoms. The van der Waals surface area contributed by atoms with Gasteiger partial charge >= 0.3 is 11.8 Å². The van der Waals surface area contributed by atoms with E-state index in [1.54, 1.807) is 7.05 Å². The number of benzene rings is 1. The van der Waals surface area contributed by atoms with Crippen LogP contribution in [-0.4, -0.2) is 59.9 Å². The number of likely N-dealkylation sites (tertiary alicyclic amines) is 1. The van der Waals surface area contributed by atoms with Crippen molar-refractivity contribution >= 4 is 29.1 Å². The van der Waals surface area contributed by atoms with Crippen molar-refractivity contribution in [2.75, 3.05) is 32.5 Å². The number of nitrogens with zero attached hydrogens (tertiary/aromatic N) is 2. The van der Waals surface area contributed by atoms with Crippen molar-refractivity contribution in [1.29, 1.82) is 0 Å². The first-order valence-electron chi connectivity index (χ1n) is 7.13. The molecule has 0 saturated carbocycles. The standard InChI is InChI=1S/C15H20ClN3O3/c1-18-7-5-11(6-8-18)19(2)15(22)14(21)17-12-9-10(16)3-4-13(12)20/h3-4,9,11,20H,5-8H2,1-2H3,(H,17,21). The number of phenols is 1. The van der Waals surface area contributed by atoms with Crippen LogP contribution < -0.4 is 5.32 Å². The van der Waals surface area contributed by atoms with Gasteiger partial charge in [-0.15, -0.1) is 0 Å². The van der Waals surface area contributed by atoms with Crippen LogP contribution in [0, 0.1) is 0 Å². The van der Waals surface area contributed by atoms with Gasteiger partial charge in [0.2, 0.25) is 0 Å². The van der Waals surface area contributed by atoms with Crippen molar-refractivity contribution in [3.8, 4) is 5.75 Å². The molecule has 1 saturated heterocycles. The lowest BCUT2D eigenvalue weighted by Crippen LogP contribution is -2.47. The first-order chi connectivity index (χ1) is 10.4. The van der Waals surface area contributed by atoms with Crippen LogP contribution in [0.25, 0.3) is 0 Å². The Balaban J connectivity index is 1.99. The van der Waals surface area contributed by atoms with Crippen LogP contribution in [0.15, 0.2) is 18.2 Å². The molecule has 1 aliphatic rings. The van der Waals surface area contributed by atoms with E-state index in [4.69, 9.17) is 11.6 Å². The maximum absolute atomic E-state index is 12.2. The molecule has 0 aliphatic carbocycles. The van der Waals surface area contributed by atoms with Crippen LogP contribution in [-0.2, 0) is 9.59 Å². The summed E-state index contributed by atoms with van der Waals surface area (Å²) < 4.78 is 0. The third kappa shape index (κ3) is 3.90. The predicted octanol–water partition coefficient (Wildman–Crippen LogP) is 1.54. The number of halogens is 1. The molecule has 120 valence electrons. The van der Waals surface area contributed by atoms with E-state index in [9.17, 15) is 14.7 Å². The normalized spacial score (nSPS) is 16.3. The summed E-state index contributed by atoms with van der Waals surface area (Å²) in [5, 5.41) is 12.4. The average Bonchev–Trinajstić information content (AvgIpc) is 2.50. The minimum absolute atomic E-state index is 0.0578. The summed E-state index contributed by atoms with van der Waals surface area (Å²) in [6.07, 6.45) is 1.68. The highest BCUT2D eigenvalue weighted by atomic mass is 35.5. The Bertz CT molecular complexity index is 571. The van der Waals surface area contributed by atoms with Gasteiger partial charge in [0.15, 0.2) is 0 Å². The number of rotatable bonds is 2. The van der Waals surface area contributed by atoms with Gasteiger partial charge < -0.3 is 20.2 Å². The lowest BCUT2D eigenvalue weighted by molar-refractivity contribution is -0.144. The zero-order chi connectivity index (χ0) is 16.3. The van der Waals surface area contributed by atoms with Crippen molar-refractivity contribution in [1.82, 2.24) is 9.80 Å². The van der Waals surface area contributed by atoms with E-state index in [0.717, 1.165) is 25.9 Å². The zero-order valence-electron chi connectivity index (χ0n) is 12.7. The number of aromatic hydroxyl groups is 1. The molecule has 1 aromatic carbocycles. The SMILES string of the molecule is CN1CCC(N(C)C(=O)C(=O)Nc2cc(Cl)ccc2O)CC1. The number of piperidine rings is 1. The second-order valence-electron chi connectivity index (χ2n) is 5.57. The fourth-order valence-electron chi connectivity index (χ4n) is 2.49. The highest BCUT2D eigenvalue weighted by molar-refractivity contribution is 6.40. The predicted molar refractivity (Wildman–Crippen MR) is 85.0 cm³/mol. The van der Waals surface area contributed by atoms with Gasteiger partial charge in [-0.3, -0.25) is 9.59 Å². The third-order valence-corrected chi connectivity index (χ3v) is 4.19. The number of hydrogen-bond donors (Lipinski definition) is 2. The molecular weight excluding hydrogens is 306 g/mol. The van der Waals surface area contributed by atoms with Gasteiger partial charge in [0.1, 0.15) is 5.75 Å². The minimum atomic E-state index is -0.779. The molecular formula is C15H20ClN3O3. The first-order valence-corrected chi connectivity index (χ1v) is 7.51. The molecule has 0 aromatic heterocycles. The van der Waals surface area contributed by atoms with Gasteiger partial charge in [-0.2, -0.15) is 0 Å². The molecule has 0 atom stereocenters. The van der Waals surface area contributed by atoms with Gasteiger partial charge in [-0.05, 0) is 51.2 Å². The van der Waals surface area contributed by atoms with Crippen LogP contribution in [0.2, 0.25) is 5.02 Å². The summed E-state index contributed by atoms with van der Waals surface area (Å²) in [4.78, 5) is 27.9. The summed E-state index contributed by atoms with van der Waals surface area (Å²) in [6.45, 7) is 1.80. The molecule has 1 heterocycles. The number of carbonyl (C=O) groups is 2. The number of hydrogen-bond acceptors (Lipinski definition) is 4. The molecule has 2 amide bonds. The summed E-state index contributed by atoms with van der Waals surface area (Å²) >= 11 is 5.82. The van der Waals surface area contributed by atoms with Crippen molar-refractivity contribution in [2.45, 2.75) is 18.9 Å². The van der Waals surface area contributed by atoms with Gasteiger partial charge in [-0.25, -0.2) is 0 Å². The second-order valence-corrected chi connectivity index (χ2v) is 6.00. The number of anilines is 1. The molecule has 0 radical (unpaired) electrons. The third-order valence-electron chi connectivity index (χ3n) is 3.96. The quantitative estimate of drug-likeness (QED) is 0.639. The maximum Gasteiger partial charge on any atom is 0.314 e. The van der Waals surface area contributed by atoms with Gasteiger partial charge in [0, 0.05) is 18.1 Å². The zero-order valence-corrected chi connectivity index (χ0v) is 13.4. The smallest absolute Gasteiger partial charge is 0.314 e. The number of carbonyl (C=O) groups excluding carboxylic acids is 2. The van der Waals surface area contributed by atoms with E-state index in [-0.39, 0.29) is 17.5 Å². The van der Waals surface area contributed by atoms with Crippen molar-refractivity contribution in [3.05, 3.63) is 23.2 Å². The molecule has 2 rings (SSSR count). The molecule has 2 N–H and O–H groups in total. The van der Waals surface area contributed by atoms with E-state index in [0.29, 0.717) is 5.02 Å². The van der Waals surface area contributed by atoms with Crippen molar-refractivity contribution in [2.24, 2.45) is 0 Å².